The van der Waals surface area contributed by atoms with Gasteiger partial charge in [0.1, 0.15) is 11.3 Å². The Morgan fingerprint density at radius 2 is 2.16 bits per heavy atom. The molecule has 1 amide bonds. The van der Waals surface area contributed by atoms with E-state index in [1.165, 1.54) is 0 Å². The van der Waals surface area contributed by atoms with E-state index in [2.05, 4.69) is 10.3 Å². The quantitative estimate of drug-likeness (QED) is 0.900. The molecular formula is C14H20N4O. The Kier molecular flexibility index (Phi) is 3.85. The molecule has 0 unspecified atom stereocenters. The van der Waals surface area contributed by atoms with Gasteiger partial charge in [0.15, 0.2) is 0 Å². The third kappa shape index (κ3) is 2.93. The van der Waals surface area contributed by atoms with Crippen molar-refractivity contribution in [3.8, 4) is 0 Å². The van der Waals surface area contributed by atoms with Crippen LogP contribution in [0.3, 0.4) is 0 Å². The van der Waals surface area contributed by atoms with Crippen molar-refractivity contribution in [3.05, 3.63) is 35.3 Å². The molecule has 2 heterocycles. The van der Waals surface area contributed by atoms with Crippen LogP contribution in [0.5, 0.6) is 0 Å². The highest BCUT2D eigenvalue weighted by molar-refractivity contribution is 5.94. The smallest absolute Gasteiger partial charge is 0.270 e. The Balaban J connectivity index is 2.24. The van der Waals surface area contributed by atoms with Crippen LogP contribution in [0.1, 0.15) is 21.7 Å². The van der Waals surface area contributed by atoms with Crippen molar-refractivity contribution in [2.24, 2.45) is 0 Å². The molecule has 0 aliphatic heterocycles. The first kappa shape index (κ1) is 13.5. The number of fused-ring (bicyclic) bond motifs is 1. The Labute approximate surface area is 113 Å². The summed E-state index contributed by atoms with van der Waals surface area (Å²) >= 11 is 0. The minimum atomic E-state index is -0.0734. The molecular weight excluding hydrogens is 240 g/mol. The van der Waals surface area contributed by atoms with E-state index in [1.807, 2.05) is 55.6 Å². The van der Waals surface area contributed by atoms with Crippen molar-refractivity contribution >= 4 is 11.6 Å². The molecule has 102 valence electrons. The molecule has 0 saturated carbocycles. The van der Waals surface area contributed by atoms with Gasteiger partial charge in [-0.15, -0.1) is 0 Å². The average Bonchev–Trinajstić information content (AvgIpc) is 2.63. The Morgan fingerprint density at radius 3 is 2.84 bits per heavy atom. The Bertz CT molecular complexity index is 601. The van der Waals surface area contributed by atoms with Gasteiger partial charge in [0.2, 0.25) is 0 Å². The van der Waals surface area contributed by atoms with Crippen LogP contribution in [0.15, 0.2) is 18.3 Å². The number of amides is 1. The molecule has 0 aromatic carbocycles. The molecule has 0 bridgehead atoms. The zero-order chi connectivity index (χ0) is 14.0. The number of aromatic nitrogens is 2. The summed E-state index contributed by atoms with van der Waals surface area (Å²) in [6, 6.07) is 3.95. The molecule has 0 aliphatic carbocycles. The second kappa shape index (κ2) is 5.40. The summed E-state index contributed by atoms with van der Waals surface area (Å²) < 4.78 is 1.84. The minimum Gasteiger partial charge on any atom is -0.349 e. The molecule has 1 N–H and O–H groups in total. The highest BCUT2D eigenvalue weighted by atomic mass is 16.1. The second-order valence-corrected chi connectivity index (χ2v) is 5.04. The summed E-state index contributed by atoms with van der Waals surface area (Å²) in [6.07, 6.45) is 1.89. The summed E-state index contributed by atoms with van der Waals surface area (Å²) in [5, 5.41) is 2.92. The number of nitrogens with zero attached hydrogens (tertiary/aromatic N) is 3. The number of imidazole rings is 1. The third-order valence-corrected chi connectivity index (χ3v) is 3.02. The van der Waals surface area contributed by atoms with E-state index in [4.69, 9.17) is 0 Å². The van der Waals surface area contributed by atoms with E-state index in [0.29, 0.717) is 12.2 Å². The SMILES string of the molecule is Cc1ccn2c(C(=O)NCCN(C)C)c(C)nc2c1. The first-order valence-electron chi connectivity index (χ1n) is 6.37. The van der Waals surface area contributed by atoms with E-state index >= 15 is 0 Å². The topological polar surface area (TPSA) is 49.6 Å². The molecule has 5 heteroatoms. The molecule has 0 radical (unpaired) electrons. The van der Waals surface area contributed by atoms with Crippen molar-refractivity contribution in [2.45, 2.75) is 13.8 Å². The van der Waals surface area contributed by atoms with E-state index in [1.54, 1.807) is 0 Å². The molecule has 2 aromatic rings. The van der Waals surface area contributed by atoms with Gasteiger partial charge in [-0.05, 0) is 45.6 Å². The molecule has 0 spiro atoms. The molecule has 19 heavy (non-hydrogen) atoms. The maximum absolute atomic E-state index is 12.2. The Morgan fingerprint density at radius 1 is 1.42 bits per heavy atom. The highest BCUT2D eigenvalue weighted by Crippen LogP contribution is 2.13. The number of hydrogen-bond donors (Lipinski definition) is 1. The maximum atomic E-state index is 12.2. The van der Waals surface area contributed by atoms with Crippen LogP contribution < -0.4 is 5.32 Å². The summed E-state index contributed by atoms with van der Waals surface area (Å²) in [7, 11) is 3.96. The van der Waals surface area contributed by atoms with Crippen molar-refractivity contribution in [3.63, 3.8) is 0 Å². The number of hydrogen-bond acceptors (Lipinski definition) is 3. The van der Waals surface area contributed by atoms with Gasteiger partial charge in [0.05, 0.1) is 5.69 Å². The lowest BCUT2D eigenvalue weighted by Gasteiger charge is -2.10. The van der Waals surface area contributed by atoms with Crippen molar-refractivity contribution in [2.75, 3.05) is 27.2 Å². The van der Waals surface area contributed by atoms with E-state index < -0.39 is 0 Å². The van der Waals surface area contributed by atoms with Gasteiger partial charge in [-0.3, -0.25) is 9.20 Å². The number of nitrogens with one attached hydrogen (secondary N) is 1. The maximum Gasteiger partial charge on any atom is 0.270 e. The number of aryl methyl sites for hydroxylation is 2. The minimum absolute atomic E-state index is 0.0734. The van der Waals surface area contributed by atoms with Crippen LogP contribution in [-0.4, -0.2) is 47.4 Å². The first-order valence-corrected chi connectivity index (χ1v) is 6.37. The van der Waals surface area contributed by atoms with E-state index in [-0.39, 0.29) is 5.91 Å². The van der Waals surface area contributed by atoms with Crippen LogP contribution >= 0.6 is 0 Å². The standard InChI is InChI=1S/C14H20N4O/c1-10-5-7-18-12(9-10)16-11(2)13(18)14(19)15-6-8-17(3)4/h5,7,9H,6,8H2,1-4H3,(H,15,19). The third-order valence-electron chi connectivity index (χ3n) is 3.02. The number of rotatable bonds is 4. The van der Waals surface area contributed by atoms with Crippen LogP contribution in [0, 0.1) is 13.8 Å². The van der Waals surface area contributed by atoms with Gasteiger partial charge in [0, 0.05) is 19.3 Å². The van der Waals surface area contributed by atoms with E-state index in [0.717, 1.165) is 23.4 Å². The average molecular weight is 260 g/mol. The zero-order valence-electron chi connectivity index (χ0n) is 11.9. The molecule has 2 aromatic heterocycles. The van der Waals surface area contributed by atoms with E-state index in [9.17, 15) is 4.79 Å². The summed E-state index contributed by atoms with van der Waals surface area (Å²) in [5.74, 6) is -0.0734. The van der Waals surface area contributed by atoms with Crippen LogP contribution in [-0.2, 0) is 0 Å². The number of likely N-dealkylation sites (N-methyl/N-ethyl adjacent to an activating group) is 1. The fraction of sp³-hybridized carbons (Fsp3) is 0.429. The lowest BCUT2D eigenvalue weighted by atomic mass is 10.3. The lowest BCUT2D eigenvalue weighted by molar-refractivity contribution is 0.0944. The summed E-state index contributed by atoms with van der Waals surface area (Å²) in [6.45, 7) is 5.33. The van der Waals surface area contributed by atoms with Crippen molar-refractivity contribution in [1.29, 1.82) is 0 Å². The molecule has 0 aliphatic rings. The van der Waals surface area contributed by atoms with Crippen molar-refractivity contribution in [1.82, 2.24) is 19.6 Å². The molecule has 5 nitrogen and oxygen atoms in total. The molecule has 2 rings (SSSR count). The predicted molar refractivity (Wildman–Crippen MR) is 75.6 cm³/mol. The zero-order valence-corrected chi connectivity index (χ0v) is 11.9. The van der Waals surface area contributed by atoms with Crippen LogP contribution in [0.2, 0.25) is 0 Å². The molecule has 0 saturated heterocycles. The van der Waals surface area contributed by atoms with Gasteiger partial charge < -0.3 is 10.2 Å². The second-order valence-electron chi connectivity index (χ2n) is 5.04. The number of carbonyl (C=O) groups excluding carboxylic acids is 1. The van der Waals surface area contributed by atoms with Gasteiger partial charge in [-0.2, -0.15) is 0 Å². The summed E-state index contributed by atoms with van der Waals surface area (Å²) in [4.78, 5) is 18.7. The van der Waals surface area contributed by atoms with Crippen molar-refractivity contribution < 1.29 is 4.79 Å². The largest absolute Gasteiger partial charge is 0.349 e. The fourth-order valence-electron chi connectivity index (χ4n) is 2.01. The lowest BCUT2D eigenvalue weighted by Crippen LogP contribution is -2.32. The van der Waals surface area contributed by atoms with Gasteiger partial charge >= 0.3 is 0 Å². The predicted octanol–water partition coefficient (Wildman–Crippen LogP) is 1.24. The summed E-state index contributed by atoms with van der Waals surface area (Å²) in [5.41, 5.74) is 3.33. The normalized spacial score (nSPS) is 11.2. The monoisotopic (exact) mass is 260 g/mol. The van der Waals surface area contributed by atoms with Gasteiger partial charge in [0.25, 0.3) is 5.91 Å². The molecule has 0 fully saturated rings. The van der Waals surface area contributed by atoms with Crippen LogP contribution in [0.25, 0.3) is 5.65 Å². The van der Waals surface area contributed by atoms with Gasteiger partial charge in [-0.25, -0.2) is 4.98 Å². The number of pyridine rings is 1. The number of carbonyl (C=O) groups is 1. The Hall–Kier alpha value is -1.88. The van der Waals surface area contributed by atoms with Crippen LogP contribution in [0.4, 0.5) is 0 Å². The fourth-order valence-corrected chi connectivity index (χ4v) is 2.01. The molecule has 0 atom stereocenters. The van der Waals surface area contributed by atoms with Gasteiger partial charge in [-0.1, -0.05) is 0 Å². The highest BCUT2D eigenvalue weighted by Gasteiger charge is 2.15. The first-order chi connectivity index (χ1) is 8.99.